The second-order valence-electron chi connectivity index (χ2n) is 6.55. The smallest absolute Gasteiger partial charge is 0.227 e. The first-order valence-corrected chi connectivity index (χ1v) is 8.17. The van der Waals surface area contributed by atoms with E-state index in [1.165, 1.54) is 18.4 Å². The molecule has 0 spiro atoms. The third-order valence-corrected chi connectivity index (χ3v) is 4.67. The largest absolute Gasteiger partial charge is 0.342 e. The van der Waals surface area contributed by atoms with E-state index in [2.05, 4.69) is 22.2 Å². The SMILES string of the molecule is CCCN(CC1CC1)C(=O)[C@H]1CNC[C@@H]1c1cnn(C)c1. The van der Waals surface area contributed by atoms with Crippen LogP contribution in [0.5, 0.6) is 0 Å². The Morgan fingerprint density at radius 1 is 1.48 bits per heavy atom. The van der Waals surface area contributed by atoms with E-state index in [9.17, 15) is 4.79 Å². The van der Waals surface area contributed by atoms with Gasteiger partial charge in [0.15, 0.2) is 0 Å². The van der Waals surface area contributed by atoms with Crippen LogP contribution in [0.15, 0.2) is 12.4 Å². The van der Waals surface area contributed by atoms with Gasteiger partial charge in [-0.15, -0.1) is 0 Å². The maximum Gasteiger partial charge on any atom is 0.227 e. The molecule has 0 aromatic carbocycles. The van der Waals surface area contributed by atoms with Gasteiger partial charge in [-0.05, 0) is 30.7 Å². The number of carbonyl (C=O) groups is 1. The Hall–Kier alpha value is -1.36. The van der Waals surface area contributed by atoms with Crippen molar-refractivity contribution >= 4 is 5.91 Å². The van der Waals surface area contributed by atoms with Gasteiger partial charge in [0.05, 0.1) is 12.1 Å². The lowest BCUT2D eigenvalue weighted by atomic mass is 9.89. The number of nitrogens with one attached hydrogen (secondary N) is 1. The third kappa shape index (κ3) is 3.28. The van der Waals surface area contributed by atoms with Crippen molar-refractivity contribution in [3.63, 3.8) is 0 Å². The molecule has 5 nitrogen and oxygen atoms in total. The number of aromatic nitrogens is 2. The van der Waals surface area contributed by atoms with Gasteiger partial charge in [-0.1, -0.05) is 6.92 Å². The van der Waals surface area contributed by atoms with E-state index in [-0.39, 0.29) is 11.8 Å². The number of amides is 1. The molecule has 1 aliphatic heterocycles. The quantitative estimate of drug-likeness (QED) is 0.861. The summed E-state index contributed by atoms with van der Waals surface area (Å²) < 4.78 is 1.82. The van der Waals surface area contributed by atoms with E-state index in [0.717, 1.165) is 38.5 Å². The van der Waals surface area contributed by atoms with Crippen molar-refractivity contribution in [1.82, 2.24) is 20.0 Å². The van der Waals surface area contributed by atoms with Crippen LogP contribution in [-0.4, -0.2) is 46.8 Å². The van der Waals surface area contributed by atoms with E-state index in [4.69, 9.17) is 0 Å². The first-order chi connectivity index (χ1) is 10.2. The van der Waals surface area contributed by atoms with E-state index >= 15 is 0 Å². The lowest BCUT2D eigenvalue weighted by Gasteiger charge is -2.27. The monoisotopic (exact) mass is 290 g/mol. The van der Waals surface area contributed by atoms with Gasteiger partial charge in [-0.2, -0.15) is 5.10 Å². The Bertz CT molecular complexity index is 494. The molecule has 2 aliphatic rings. The Labute approximate surface area is 126 Å². The molecule has 1 N–H and O–H groups in total. The Kier molecular flexibility index (Phi) is 4.29. The fraction of sp³-hybridized carbons (Fsp3) is 0.750. The fourth-order valence-corrected chi connectivity index (χ4v) is 3.33. The van der Waals surface area contributed by atoms with Crippen LogP contribution in [0.4, 0.5) is 0 Å². The van der Waals surface area contributed by atoms with E-state index in [1.807, 2.05) is 24.1 Å². The predicted molar refractivity (Wildman–Crippen MR) is 81.9 cm³/mol. The zero-order chi connectivity index (χ0) is 14.8. The Balaban J connectivity index is 1.71. The minimum absolute atomic E-state index is 0.0690. The van der Waals surface area contributed by atoms with Crippen LogP contribution < -0.4 is 5.32 Å². The van der Waals surface area contributed by atoms with Gasteiger partial charge in [0.25, 0.3) is 0 Å². The van der Waals surface area contributed by atoms with Crippen LogP contribution in [0.2, 0.25) is 0 Å². The highest BCUT2D eigenvalue weighted by Crippen LogP contribution is 2.33. The molecule has 1 aliphatic carbocycles. The molecule has 1 amide bonds. The van der Waals surface area contributed by atoms with E-state index in [1.54, 1.807) is 0 Å². The summed E-state index contributed by atoms with van der Waals surface area (Å²) in [6, 6.07) is 0. The summed E-state index contributed by atoms with van der Waals surface area (Å²) >= 11 is 0. The molecule has 21 heavy (non-hydrogen) atoms. The van der Waals surface area contributed by atoms with Gasteiger partial charge < -0.3 is 10.2 Å². The molecule has 0 unspecified atom stereocenters. The summed E-state index contributed by atoms with van der Waals surface area (Å²) in [5, 5.41) is 7.65. The molecule has 1 aromatic rings. The number of carbonyl (C=O) groups excluding carboxylic acids is 1. The van der Waals surface area contributed by atoms with Gasteiger partial charge in [0.1, 0.15) is 0 Å². The summed E-state index contributed by atoms with van der Waals surface area (Å²) in [7, 11) is 1.93. The Morgan fingerprint density at radius 2 is 2.29 bits per heavy atom. The minimum atomic E-state index is 0.0690. The molecule has 2 heterocycles. The number of rotatable bonds is 6. The fourth-order valence-electron chi connectivity index (χ4n) is 3.33. The topological polar surface area (TPSA) is 50.2 Å². The first-order valence-electron chi connectivity index (χ1n) is 8.17. The molecule has 3 rings (SSSR count). The molecule has 0 radical (unpaired) electrons. The van der Waals surface area contributed by atoms with Crippen LogP contribution in [0, 0.1) is 11.8 Å². The zero-order valence-electron chi connectivity index (χ0n) is 13.1. The van der Waals surface area contributed by atoms with Crippen LogP contribution in [0.3, 0.4) is 0 Å². The molecule has 116 valence electrons. The second kappa shape index (κ2) is 6.18. The zero-order valence-corrected chi connectivity index (χ0v) is 13.1. The maximum absolute atomic E-state index is 12.9. The van der Waals surface area contributed by atoms with Crippen LogP contribution >= 0.6 is 0 Å². The summed E-state index contributed by atoms with van der Waals surface area (Å²) in [6.45, 7) is 5.68. The molecule has 2 fully saturated rings. The maximum atomic E-state index is 12.9. The van der Waals surface area contributed by atoms with E-state index in [0.29, 0.717) is 5.91 Å². The van der Waals surface area contributed by atoms with Gasteiger partial charge in [0.2, 0.25) is 5.91 Å². The number of nitrogens with zero attached hydrogens (tertiary/aromatic N) is 3. The van der Waals surface area contributed by atoms with Crippen LogP contribution in [-0.2, 0) is 11.8 Å². The van der Waals surface area contributed by atoms with Crippen molar-refractivity contribution < 1.29 is 4.79 Å². The van der Waals surface area contributed by atoms with Crippen molar-refractivity contribution in [3.8, 4) is 0 Å². The van der Waals surface area contributed by atoms with Gasteiger partial charge in [0, 0.05) is 45.3 Å². The van der Waals surface area contributed by atoms with Crippen LogP contribution in [0.25, 0.3) is 0 Å². The van der Waals surface area contributed by atoms with Crippen molar-refractivity contribution in [2.24, 2.45) is 18.9 Å². The average molecular weight is 290 g/mol. The standard InChI is InChI=1S/C16H26N4O/c1-3-6-20(10-12-4-5-12)16(21)15-9-17-8-14(15)13-7-18-19(2)11-13/h7,11-12,14-15,17H,3-6,8-10H2,1-2H3/t14-,15+/m1/s1. The average Bonchev–Trinajstić information content (AvgIpc) is 2.98. The molecule has 5 heteroatoms. The highest BCUT2D eigenvalue weighted by Gasteiger charge is 2.38. The number of aryl methyl sites for hydroxylation is 1. The van der Waals surface area contributed by atoms with Crippen molar-refractivity contribution in [2.45, 2.75) is 32.1 Å². The molecular weight excluding hydrogens is 264 g/mol. The van der Waals surface area contributed by atoms with Gasteiger partial charge >= 0.3 is 0 Å². The van der Waals surface area contributed by atoms with Gasteiger partial charge in [-0.3, -0.25) is 9.48 Å². The second-order valence-corrected chi connectivity index (χ2v) is 6.55. The first kappa shape index (κ1) is 14.6. The number of hydrogen-bond acceptors (Lipinski definition) is 3. The highest BCUT2D eigenvalue weighted by atomic mass is 16.2. The van der Waals surface area contributed by atoms with Crippen LogP contribution in [0.1, 0.15) is 37.7 Å². The summed E-state index contributed by atoms with van der Waals surface area (Å²) in [5.74, 6) is 1.43. The number of hydrogen-bond donors (Lipinski definition) is 1. The lowest BCUT2D eigenvalue weighted by Crippen LogP contribution is -2.40. The molecule has 2 atom stereocenters. The van der Waals surface area contributed by atoms with Crippen molar-refractivity contribution in [3.05, 3.63) is 18.0 Å². The molecule has 1 aromatic heterocycles. The summed E-state index contributed by atoms with van der Waals surface area (Å²) in [6.07, 6.45) is 7.58. The van der Waals surface area contributed by atoms with Gasteiger partial charge in [-0.25, -0.2) is 0 Å². The molecule has 1 saturated carbocycles. The molecule has 1 saturated heterocycles. The Morgan fingerprint density at radius 3 is 2.90 bits per heavy atom. The molecule has 0 bridgehead atoms. The summed E-state index contributed by atoms with van der Waals surface area (Å²) in [5.41, 5.74) is 1.18. The summed E-state index contributed by atoms with van der Waals surface area (Å²) in [4.78, 5) is 15.1. The normalized spacial score (nSPS) is 25.2. The van der Waals surface area contributed by atoms with Crippen molar-refractivity contribution in [2.75, 3.05) is 26.2 Å². The van der Waals surface area contributed by atoms with Crippen molar-refractivity contribution in [1.29, 1.82) is 0 Å². The third-order valence-electron chi connectivity index (χ3n) is 4.67. The highest BCUT2D eigenvalue weighted by molar-refractivity contribution is 5.80. The minimum Gasteiger partial charge on any atom is -0.342 e. The van der Waals surface area contributed by atoms with E-state index < -0.39 is 0 Å². The predicted octanol–water partition coefficient (Wildman–Crippen LogP) is 1.37. The lowest BCUT2D eigenvalue weighted by molar-refractivity contribution is -0.135. The molecular formula is C16H26N4O.